The monoisotopic (exact) mass is 180 g/mol. The fourth-order valence-electron chi connectivity index (χ4n) is 1.66. The predicted octanol–water partition coefficient (Wildman–Crippen LogP) is 0.697. The van der Waals surface area contributed by atoms with Crippen LogP contribution in [0.15, 0.2) is 12.4 Å². The van der Waals surface area contributed by atoms with Gasteiger partial charge in [-0.1, -0.05) is 0 Å². The molecule has 0 N–H and O–H groups in total. The Morgan fingerprint density at radius 1 is 1.77 bits per heavy atom. The van der Waals surface area contributed by atoms with E-state index in [9.17, 15) is 4.79 Å². The lowest BCUT2D eigenvalue weighted by atomic mass is 10.0. The van der Waals surface area contributed by atoms with Gasteiger partial charge in [-0.05, 0) is 6.42 Å². The van der Waals surface area contributed by atoms with Crippen LogP contribution in [0.3, 0.4) is 0 Å². The first-order valence-electron chi connectivity index (χ1n) is 4.37. The maximum atomic E-state index is 10.7. The summed E-state index contributed by atoms with van der Waals surface area (Å²) in [6.45, 7) is 0.654. The molecule has 70 valence electrons. The Morgan fingerprint density at radius 2 is 2.62 bits per heavy atom. The number of aromatic nitrogens is 2. The summed E-state index contributed by atoms with van der Waals surface area (Å²) >= 11 is 0. The Balaban J connectivity index is 2.25. The molecule has 1 aliphatic rings. The van der Waals surface area contributed by atoms with Crippen LogP contribution >= 0.6 is 0 Å². The Hall–Kier alpha value is -1.16. The number of ether oxygens (including phenoxy) is 1. The van der Waals surface area contributed by atoms with E-state index in [0.717, 1.165) is 18.5 Å². The van der Waals surface area contributed by atoms with Gasteiger partial charge in [-0.15, -0.1) is 0 Å². The summed E-state index contributed by atoms with van der Waals surface area (Å²) < 4.78 is 7.36. The van der Waals surface area contributed by atoms with Crippen molar-refractivity contribution in [1.82, 2.24) is 9.55 Å². The maximum absolute atomic E-state index is 10.7. The van der Waals surface area contributed by atoms with Gasteiger partial charge < -0.3 is 14.1 Å². The second-order valence-corrected chi connectivity index (χ2v) is 3.28. The van der Waals surface area contributed by atoms with Crippen LogP contribution in [0.25, 0.3) is 0 Å². The van der Waals surface area contributed by atoms with Crippen LogP contribution in [-0.2, 0) is 16.6 Å². The van der Waals surface area contributed by atoms with Crippen LogP contribution < -0.4 is 0 Å². The second-order valence-electron chi connectivity index (χ2n) is 3.28. The van der Waals surface area contributed by atoms with E-state index in [1.165, 1.54) is 0 Å². The lowest BCUT2D eigenvalue weighted by Gasteiger charge is -2.12. The number of hydrogen-bond acceptors (Lipinski definition) is 3. The number of rotatable bonds is 2. The first-order valence-corrected chi connectivity index (χ1v) is 4.37. The topological polar surface area (TPSA) is 44.1 Å². The average molecular weight is 180 g/mol. The lowest BCUT2D eigenvalue weighted by molar-refractivity contribution is -0.112. The minimum Gasteiger partial charge on any atom is -0.370 e. The quantitative estimate of drug-likeness (QED) is 0.629. The van der Waals surface area contributed by atoms with E-state index < -0.39 is 0 Å². The summed E-state index contributed by atoms with van der Waals surface area (Å²) in [7, 11) is 1.91. The summed E-state index contributed by atoms with van der Waals surface area (Å²) in [4.78, 5) is 14.9. The molecular formula is C9H12N2O2. The fraction of sp³-hybridized carbons (Fsp3) is 0.556. The third kappa shape index (κ3) is 1.37. The van der Waals surface area contributed by atoms with Gasteiger partial charge in [0.1, 0.15) is 18.2 Å². The van der Waals surface area contributed by atoms with Crippen molar-refractivity contribution in [3.8, 4) is 0 Å². The van der Waals surface area contributed by atoms with E-state index in [2.05, 4.69) is 4.98 Å². The molecule has 4 nitrogen and oxygen atoms in total. The molecule has 0 spiro atoms. The highest BCUT2D eigenvalue weighted by Crippen LogP contribution is 2.31. The minimum atomic E-state index is -0.141. The van der Waals surface area contributed by atoms with Gasteiger partial charge in [-0.25, -0.2) is 4.98 Å². The van der Waals surface area contributed by atoms with Gasteiger partial charge in [-0.2, -0.15) is 0 Å². The Kier molecular flexibility index (Phi) is 2.14. The number of nitrogens with zero attached hydrogens (tertiary/aromatic N) is 2. The Morgan fingerprint density at radius 3 is 3.23 bits per heavy atom. The largest absolute Gasteiger partial charge is 0.370 e. The Bertz CT molecular complexity index is 308. The molecule has 0 aliphatic carbocycles. The highest BCUT2D eigenvalue weighted by Gasteiger charge is 2.31. The molecule has 13 heavy (non-hydrogen) atoms. The molecule has 1 aliphatic heterocycles. The molecule has 2 unspecified atom stereocenters. The summed E-state index contributed by atoms with van der Waals surface area (Å²) in [6, 6.07) is 0. The molecular weight excluding hydrogens is 168 g/mol. The zero-order valence-corrected chi connectivity index (χ0v) is 7.51. The maximum Gasteiger partial charge on any atom is 0.138 e. The molecule has 4 heteroatoms. The van der Waals surface area contributed by atoms with Gasteiger partial charge in [-0.3, -0.25) is 0 Å². The number of carbonyl (C=O) groups is 1. The van der Waals surface area contributed by atoms with Crippen LogP contribution in [0, 0.1) is 5.92 Å². The van der Waals surface area contributed by atoms with Gasteiger partial charge in [0, 0.05) is 26.0 Å². The van der Waals surface area contributed by atoms with Gasteiger partial charge in [0.2, 0.25) is 0 Å². The molecule has 0 radical (unpaired) electrons. The van der Waals surface area contributed by atoms with Gasteiger partial charge in [0.05, 0.1) is 5.92 Å². The Labute approximate surface area is 76.5 Å². The lowest BCUT2D eigenvalue weighted by Crippen LogP contribution is -2.13. The van der Waals surface area contributed by atoms with Crippen LogP contribution in [0.1, 0.15) is 18.3 Å². The van der Waals surface area contributed by atoms with Crippen molar-refractivity contribution in [3.63, 3.8) is 0 Å². The van der Waals surface area contributed by atoms with E-state index in [-0.39, 0.29) is 12.0 Å². The molecule has 2 heterocycles. The zero-order chi connectivity index (χ0) is 9.26. The zero-order valence-electron chi connectivity index (χ0n) is 7.51. The first-order chi connectivity index (χ1) is 6.33. The molecule has 0 aromatic carbocycles. The predicted molar refractivity (Wildman–Crippen MR) is 46.1 cm³/mol. The highest BCUT2D eigenvalue weighted by atomic mass is 16.5. The van der Waals surface area contributed by atoms with Crippen molar-refractivity contribution in [1.29, 1.82) is 0 Å². The molecule has 2 rings (SSSR count). The summed E-state index contributed by atoms with van der Waals surface area (Å²) in [5.74, 6) is 0.815. The second kappa shape index (κ2) is 3.30. The SMILES string of the molecule is Cn1ccnc1C1OCCC1C=O. The summed E-state index contributed by atoms with van der Waals surface area (Å²) in [5.41, 5.74) is 0. The first kappa shape index (κ1) is 8.44. The molecule has 1 aromatic rings. The van der Waals surface area contributed by atoms with Gasteiger partial charge in [0.25, 0.3) is 0 Å². The molecule has 1 saturated heterocycles. The number of imidazole rings is 1. The number of hydrogen-bond donors (Lipinski definition) is 0. The third-order valence-corrected chi connectivity index (χ3v) is 2.43. The molecule has 0 bridgehead atoms. The molecule has 1 fully saturated rings. The van der Waals surface area contributed by atoms with E-state index in [1.54, 1.807) is 6.20 Å². The number of aldehydes is 1. The molecule has 1 aromatic heterocycles. The average Bonchev–Trinajstić information content (AvgIpc) is 2.71. The number of aryl methyl sites for hydroxylation is 1. The molecule has 0 saturated carbocycles. The van der Waals surface area contributed by atoms with Crippen LogP contribution in [0.4, 0.5) is 0 Å². The van der Waals surface area contributed by atoms with Crippen molar-refractivity contribution in [2.45, 2.75) is 12.5 Å². The highest BCUT2D eigenvalue weighted by molar-refractivity contribution is 5.55. The van der Waals surface area contributed by atoms with Crippen molar-refractivity contribution < 1.29 is 9.53 Å². The standard InChI is InChI=1S/C9H12N2O2/c1-11-4-3-10-9(11)8-7(6-12)2-5-13-8/h3-4,6-8H,2,5H2,1H3. The van der Waals surface area contributed by atoms with Crippen LogP contribution in [0.2, 0.25) is 0 Å². The molecule has 0 amide bonds. The van der Waals surface area contributed by atoms with Gasteiger partial charge in [0.15, 0.2) is 0 Å². The fourth-order valence-corrected chi connectivity index (χ4v) is 1.66. The van der Waals surface area contributed by atoms with Crippen LogP contribution in [0.5, 0.6) is 0 Å². The van der Waals surface area contributed by atoms with Crippen LogP contribution in [-0.4, -0.2) is 22.4 Å². The van der Waals surface area contributed by atoms with Crippen molar-refractivity contribution in [3.05, 3.63) is 18.2 Å². The normalized spacial score (nSPS) is 27.8. The third-order valence-electron chi connectivity index (χ3n) is 2.43. The van der Waals surface area contributed by atoms with Crippen molar-refractivity contribution >= 4 is 6.29 Å². The van der Waals surface area contributed by atoms with Gasteiger partial charge >= 0.3 is 0 Å². The van der Waals surface area contributed by atoms with E-state index in [1.807, 2.05) is 17.8 Å². The minimum absolute atomic E-state index is 0.0268. The van der Waals surface area contributed by atoms with Crippen molar-refractivity contribution in [2.75, 3.05) is 6.61 Å². The summed E-state index contributed by atoms with van der Waals surface area (Å²) in [5, 5.41) is 0. The van der Waals surface area contributed by atoms with E-state index in [0.29, 0.717) is 6.61 Å². The van der Waals surface area contributed by atoms with E-state index in [4.69, 9.17) is 4.74 Å². The van der Waals surface area contributed by atoms with E-state index >= 15 is 0 Å². The summed E-state index contributed by atoms with van der Waals surface area (Å²) in [6.07, 6.45) is 5.21. The van der Waals surface area contributed by atoms with Crippen molar-refractivity contribution in [2.24, 2.45) is 13.0 Å². The number of carbonyl (C=O) groups excluding carboxylic acids is 1. The molecule has 2 atom stereocenters. The smallest absolute Gasteiger partial charge is 0.138 e.